The molecule has 0 saturated carbocycles. The predicted molar refractivity (Wildman–Crippen MR) is 66.8 cm³/mol. The number of hydrogen-bond donors (Lipinski definition) is 1. The minimum atomic E-state index is 0.152. The Labute approximate surface area is 109 Å². The molecule has 0 radical (unpaired) electrons. The van der Waals surface area contributed by atoms with Crippen molar-refractivity contribution < 1.29 is 5.11 Å². The van der Waals surface area contributed by atoms with Crippen LogP contribution in [-0.2, 0) is 6.42 Å². The van der Waals surface area contributed by atoms with Crippen LogP contribution in [-0.4, -0.2) is 26.7 Å². The first-order valence-electron chi connectivity index (χ1n) is 5.18. The summed E-state index contributed by atoms with van der Waals surface area (Å²) in [5.74, 6) is 0. The first kappa shape index (κ1) is 12.4. The van der Waals surface area contributed by atoms with Crippen molar-refractivity contribution in [2.24, 2.45) is 0 Å². The summed E-state index contributed by atoms with van der Waals surface area (Å²) < 4.78 is 1.63. The van der Waals surface area contributed by atoms with Gasteiger partial charge in [-0.25, -0.2) is 4.68 Å². The molecular formula is C11H11Cl2N3O. The lowest BCUT2D eigenvalue weighted by Crippen LogP contribution is -1.94. The van der Waals surface area contributed by atoms with E-state index in [1.54, 1.807) is 16.8 Å². The van der Waals surface area contributed by atoms with Crippen molar-refractivity contribution in [1.82, 2.24) is 15.0 Å². The second-order valence-electron chi connectivity index (χ2n) is 3.58. The molecule has 4 nitrogen and oxygen atoms in total. The number of rotatable bonds is 4. The second kappa shape index (κ2) is 5.49. The number of aliphatic hydroxyl groups is 1. The molecule has 2 rings (SSSR count). The lowest BCUT2D eigenvalue weighted by Gasteiger charge is -2.01. The molecule has 0 fully saturated rings. The maximum atomic E-state index is 8.73. The van der Waals surface area contributed by atoms with E-state index < -0.39 is 0 Å². The molecule has 1 aromatic heterocycles. The Morgan fingerprint density at radius 2 is 2.06 bits per heavy atom. The lowest BCUT2D eigenvalue weighted by atomic mass is 10.2. The molecule has 0 amide bonds. The van der Waals surface area contributed by atoms with Gasteiger partial charge in [-0.1, -0.05) is 28.4 Å². The van der Waals surface area contributed by atoms with E-state index in [0.717, 1.165) is 11.4 Å². The van der Waals surface area contributed by atoms with Crippen molar-refractivity contribution in [3.8, 4) is 5.69 Å². The molecule has 1 N–H and O–H groups in total. The van der Waals surface area contributed by atoms with Crippen molar-refractivity contribution >= 4 is 23.2 Å². The van der Waals surface area contributed by atoms with Crippen LogP contribution in [0.1, 0.15) is 12.1 Å². The quantitative estimate of drug-likeness (QED) is 0.930. The van der Waals surface area contributed by atoms with Crippen LogP contribution in [0.25, 0.3) is 5.69 Å². The Morgan fingerprint density at radius 1 is 1.24 bits per heavy atom. The van der Waals surface area contributed by atoms with Gasteiger partial charge in [0, 0.05) is 6.61 Å². The van der Waals surface area contributed by atoms with Crippen LogP contribution in [0.3, 0.4) is 0 Å². The smallest absolute Gasteiger partial charge is 0.0832 e. The van der Waals surface area contributed by atoms with Crippen molar-refractivity contribution in [2.45, 2.75) is 12.8 Å². The third-order valence-corrected chi connectivity index (χ3v) is 3.04. The number of nitrogens with zero attached hydrogens (tertiary/aromatic N) is 3. The van der Waals surface area contributed by atoms with Gasteiger partial charge < -0.3 is 5.11 Å². The maximum Gasteiger partial charge on any atom is 0.0832 e. The van der Waals surface area contributed by atoms with Crippen molar-refractivity contribution in [2.75, 3.05) is 6.61 Å². The number of hydrogen-bond acceptors (Lipinski definition) is 3. The predicted octanol–water partition coefficient (Wildman–Crippen LogP) is 2.50. The number of aryl methyl sites for hydroxylation is 1. The molecule has 0 bridgehead atoms. The first-order chi connectivity index (χ1) is 8.20. The Kier molecular flexibility index (Phi) is 3.99. The Bertz CT molecular complexity index is 513. The number of aliphatic hydroxyl groups excluding tert-OH is 1. The fourth-order valence-electron chi connectivity index (χ4n) is 1.43. The number of halogens is 2. The summed E-state index contributed by atoms with van der Waals surface area (Å²) >= 11 is 11.8. The van der Waals surface area contributed by atoms with Crippen LogP contribution in [0.2, 0.25) is 10.0 Å². The fourth-order valence-corrected chi connectivity index (χ4v) is 1.72. The minimum absolute atomic E-state index is 0.152. The van der Waals surface area contributed by atoms with E-state index in [2.05, 4.69) is 10.3 Å². The number of aromatic nitrogens is 3. The lowest BCUT2D eigenvalue weighted by molar-refractivity contribution is 0.288. The maximum absolute atomic E-state index is 8.73. The molecule has 0 unspecified atom stereocenters. The fraction of sp³-hybridized carbons (Fsp3) is 0.273. The van der Waals surface area contributed by atoms with Gasteiger partial charge in [-0.15, -0.1) is 5.10 Å². The molecule has 0 aliphatic rings. The molecule has 1 aromatic carbocycles. The average molecular weight is 272 g/mol. The minimum Gasteiger partial charge on any atom is -0.396 e. The highest BCUT2D eigenvalue weighted by Gasteiger charge is 2.05. The summed E-state index contributed by atoms with van der Waals surface area (Å²) in [6.07, 6.45) is 3.20. The van der Waals surface area contributed by atoms with E-state index in [9.17, 15) is 0 Å². The van der Waals surface area contributed by atoms with Gasteiger partial charge in [0.1, 0.15) is 0 Å². The number of benzene rings is 1. The summed E-state index contributed by atoms with van der Waals surface area (Å²) in [6.45, 7) is 0.152. The highest BCUT2D eigenvalue weighted by atomic mass is 35.5. The molecule has 6 heteroatoms. The SMILES string of the molecule is OCCCc1cn(-c2ccc(Cl)c(Cl)c2)nn1. The molecule has 17 heavy (non-hydrogen) atoms. The monoisotopic (exact) mass is 271 g/mol. The Hall–Kier alpha value is -1.10. The third kappa shape index (κ3) is 2.97. The van der Waals surface area contributed by atoms with E-state index in [-0.39, 0.29) is 6.61 Å². The highest BCUT2D eigenvalue weighted by Crippen LogP contribution is 2.24. The summed E-state index contributed by atoms with van der Waals surface area (Å²) in [5, 5.41) is 17.7. The van der Waals surface area contributed by atoms with Gasteiger partial charge in [0.2, 0.25) is 0 Å². The summed E-state index contributed by atoms with van der Waals surface area (Å²) in [4.78, 5) is 0. The van der Waals surface area contributed by atoms with Crippen LogP contribution in [0, 0.1) is 0 Å². The van der Waals surface area contributed by atoms with E-state index in [1.807, 2.05) is 12.3 Å². The molecule has 0 saturated heterocycles. The summed E-state index contributed by atoms with van der Waals surface area (Å²) in [6, 6.07) is 5.27. The zero-order chi connectivity index (χ0) is 12.3. The molecule has 2 aromatic rings. The normalized spacial score (nSPS) is 10.8. The third-order valence-electron chi connectivity index (χ3n) is 2.30. The van der Waals surface area contributed by atoms with Gasteiger partial charge in [0.15, 0.2) is 0 Å². The molecule has 0 spiro atoms. The standard InChI is InChI=1S/C11H11Cl2N3O/c12-10-4-3-9(6-11(10)13)16-7-8(14-15-16)2-1-5-17/h3-4,6-7,17H,1-2,5H2. The van der Waals surface area contributed by atoms with Gasteiger partial charge in [-0.05, 0) is 31.0 Å². The van der Waals surface area contributed by atoms with Gasteiger partial charge in [0.05, 0.1) is 27.6 Å². The van der Waals surface area contributed by atoms with E-state index in [0.29, 0.717) is 22.9 Å². The van der Waals surface area contributed by atoms with Crippen molar-refractivity contribution in [3.63, 3.8) is 0 Å². The van der Waals surface area contributed by atoms with Crippen LogP contribution in [0.15, 0.2) is 24.4 Å². The molecular weight excluding hydrogens is 261 g/mol. The molecule has 0 aliphatic carbocycles. The van der Waals surface area contributed by atoms with Gasteiger partial charge >= 0.3 is 0 Å². The first-order valence-corrected chi connectivity index (χ1v) is 5.94. The van der Waals surface area contributed by atoms with Crippen LogP contribution in [0.5, 0.6) is 0 Å². The van der Waals surface area contributed by atoms with Crippen molar-refractivity contribution in [1.29, 1.82) is 0 Å². The highest BCUT2D eigenvalue weighted by molar-refractivity contribution is 6.42. The van der Waals surface area contributed by atoms with Crippen LogP contribution < -0.4 is 0 Å². The van der Waals surface area contributed by atoms with Crippen LogP contribution >= 0.6 is 23.2 Å². The van der Waals surface area contributed by atoms with E-state index in [4.69, 9.17) is 28.3 Å². The summed E-state index contributed by atoms with van der Waals surface area (Å²) in [5.41, 5.74) is 1.65. The Balaban J connectivity index is 2.21. The van der Waals surface area contributed by atoms with E-state index >= 15 is 0 Å². The second-order valence-corrected chi connectivity index (χ2v) is 4.39. The zero-order valence-corrected chi connectivity index (χ0v) is 10.5. The molecule has 90 valence electrons. The molecule has 0 atom stereocenters. The van der Waals surface area contributed by atoms with Gasteiger partial charge in [-0.3, -0.25) is 0 Å². The van der Waals surface area contributed by atoms with Crippen molar-refractivity contribution in [3.05, 3.63) is 40.1 Å². The molecule has 0 aliphatic heterocycles. The van der Waals surface area contributed by atoms with Gasteiger partial charge in [0.25, 0.3) is 0 Å². The Morgan fingerprint density at radius 3 is 2.76 bits per heavy atom. The topological polar surface area (TPSA) is 50.9 Å². The van der Waals surface area contributed by atoms with E-state index in [1.165, 1.54) is 0 Å². The largest absolute Gasteiger partial charge is 0.396 e. The summed E-state index contributed by atoms with van der Waals surface area (Å²) in [7, 11) is 0. The average Bonchev–Trinajstić information content (AvgIpc) is 2.79. The zero-order valence-electron chi connectivity index (χ0n) is 8.98. The van der Waals surface area contributed by atoms with Crippen LogP contribution in [0.4, 0.5) is 0 Å². The van der Waals surface area contributed by atoms with Gasteiger partial charge in [-0.2, -0.15) is 0 Å². The molecule has 1 heterocycles.